The third-order valence-electron chi connectivity index (χ3n) is 4.21. The number of nitrogens with one attached hydrogen (secondary N) is 1. The molecule has 2 fully saturated rings. The zero-order valence-corrected chi connectivity index (χ0v) is 12.4. The predicted molar refractivity (Wildman–Crippen MR) is 77.6 cm³/mol. The van der Waals surface area contributed by atoms with Crippen molar-refractivity contribution in [2.45, 2.75) is 61.3 Å². The summed E-state index contributed by atoms with van der Waals surface area (Å²) in [7, 11) is 2.15. The molecule has 4 unspecified atom stereocenters. The van der Waals surface area contributed by atoms with Crippen LogP contribution in [-0.2, 0) is 0 Å². The van der Waals surface area contributed by atoms with Crippen LogP contribution in [-0.4, -0.2) is 34.6 Å². The Bertz CT molecular complexity index is 216. The Balaban J connectivity index is 1.83. The highest BCUT2D eigenvalue weighted by molar-refractivity contribution is 8.07. The van der Waals surface area contributed by atoms with E-state index < -0.39 is 0 Å². The smallest absolute Gasteiger partial charge is 0.0294 e. The third kappa shape index (κ3) is 3.11. The molecule has 1 saturated heterocycles. The quantitative estimate of drug-likeness (QED) is 0.831. The van der Waals surface area contributed by atoms with Crippen molar-refractivity contribution in [3.63, 3.8) is 0 Å². The maximum absolute atomic E-state index is 3.57. The number of thioether (sulfide) groups is 2. The van der Waals surface area contributed by atoms with Gasteiger partial charge in [-0.1, -0.05) is 33.1 Å². The second-order valence-electron chi connectivity index (χ2n) is 5.35. The highest BCUT2D eigenvalue weighted by atomic mass is 32.2. The van der Waals surface area contributed by atoms with Gasteiger partial charge in [-0.25, -0.2) is 0 Å². The van der Waals surface area contributed by atoms with Crippen LogP contribution >= 0.6 is 23.5 Å². The van der Waals surface area contributed by atoms with Crippen LogP contribution < -0.4 is 5.32 Å². The molecule has 0 aromatic rings. The van der Waals surface area contributed by atoms with Gasteiger partial charge in [0.1, 0.15) is 0 Å². The minimum Gasteiger partial charge on any atom is -0.316 e. The summed E-state index contributed by atoms with van der Waals surface area (Å²) in [6.07, 6.45) is 5.85. The summed E-state index contributed by atoms with van der Waals surface area (Å²) >= 11 is 4.39. The molecule has 4 atom stereocenters. The maximum atomic E-state index is 3.57. The summed E-state index contributed by atoms with van der Waals surface area (Å²) in [6, 6.07) is 0.748. The van der Waals surface area contributed by atoms with Crippen molar-refractivity contribution < 1.29 is 0 Å². The lowest BCUT2D eigenvalue weighted by atomic mass is 9.80. The van der Waals surface area contributed by atoms with E-state index in [0.717, 1.165) is 27.7 Å². The monoisotopic (exact) mass is 259 g/mol. The van der Waals surface area contributed by atoms with Crippen LogP contribution in [0.5, 0.6) is 0 Å². The molecule has 1 heterocycles. The average molecular weight is 259 g/mol. The molecule has 3 heteroatoms. The van der Waals surface area contributed by atoms with E-state index >= 15 is 0 Å². The van der Waals surface area contributed by atoms with Crippen LogP contribution in [0.3, 0.4) is 0 Å². The molecule has 1 N–H and O–H groups in total. The van der Waals surface area contributed by atoms with E-state index in [9.17, 15) is 0 Å². The van der Waals surface area contributed by atoms with E-state index in [4.69, 9.17) is 0 Å². The van der Waals surface area contributed by atoms with Crippen molar-refractivity contribution in [3.05, 3.63) is 0 Å². The molecule has 1 aliphatic carbocycles. The lowest BCUT2D eigenvalue weighted by Gasteiger charge is -2.38. The minimum absolute atomic E-state index is 0.748. The van der Waals surface area contributed by atoms with Crippen molar-refractivity contribution in [3.8, 4) is 0 Å². The molecular weight excluding hydrogens is 234 g/mol. The topological polar surface area (TPSA) is 12.0 Å². The van der Waals surface area contributed by atoms with Gasteiger partial charge in [0.25, 0.3) is 0 Å². The van der Waals surface area contributed by atoms with Gasteiger partial charge in [0, 0.05) is 27.5 Å². The van der Waals surface area contributed by atoms with E-state index in [-0.39, 0.29) is 0 Å². The molecule has 0 amide bonds. The van der Waals surface area contributed by atoms with Gasteiger partial charge in [-0.2, -0.15) is 23.5 Å². The highest BCUT2D eigenvalue weighted by Gasteiger charge is 2.32. The van der Waals surface area contributed by atoms with Crippen LogP contribution in [0.15, 0.2) is 0 Å². The fourth-order valence-electron chi connectivity index (χ4n) is 2.56. The van der Waals surface area contributed by atoms with Crippen molar-refractivity contribution in [2.75, 3.05) is 12.8 Å². The molecule has 94 valence electrons. The maximum Gasteiger partial charge on any atom is 0.0294 e. The lowest BCUT2D eigenvalue weighted by molar-refractivity contribution is 0.264. The molecule has 0 radical (unpaired) electrons. The SMILES string of the molecule is CNC(CC1CCC1)C1CSC(C)C(C)S1. The Morgan fingerprint density at radius 1 is 1.25 bits per heavy atom. The molecule has 16 heavy (non-hydrogen) atoms. The normalized spacial score (nSPS) is 38.1. The van der Waals surface area contributed by atoms with Crippen molar-refractivity contribution >= 4 is 23.5 Å². The average Bonchev–Trinajstić information content (AvgIpc) is 2.21. The number of rotatable bonds is 4. The Labute approximate surface area is 109 Å². The number of hydrogen-bond donors (Lipinski definition) is 1. The molecular formula is C13H25NS2. The molecule has 1 saturated carbocycles. The Hall–Kier alpha value is 0.660. The minimum atomic E-state index is 0.748. The number of hydrogen-bond acceptors (Lipinski definition) is 3. The second-order valence-corrected chi connectivity index (χ2v) is 8.38. The molecule has 0 bridgehead atoms. The van der Waals surface area contributed by atoms with Gasteiger partial charge < -0.3 is 5.32 Å². The molecule has 1 nitrogen and oxygen atoms in total. The summed E-state index contributed by atoms with van der Waals surface area (Å²) < 4.78 is 0. The molecule has 2 rings (SSSR count). The largest absolute Gasteiger partial charge is 0.316 e. The van der Waals surface area contributed by atoms with Crippen LogP contribution in [0.2, 0.25) is 0 Å². The van der Waals surface area contributed by atoms with Crippen LogP contribution in [0.1, 0.15) is 39.5 Å². The fourth-order valence-corrected chi connectivity index (χ4v) is 5.75. The Morgan fingerprint density at radius 3 is 2.50 bits per heavy atom. The molecule has 0 aromatic carbocycles. The molecule has 1 aliphatic heterocycles. The van der Waals surface area contributed by atoms with Crippen molar-refractivity contribution in [2.24, 2.45) is 5.92 Å². The van der Waals surface area contributed by atoms with Crippen molar-refractivity contribution in [1.82, 2.24) is 5.32 Å². The van der Waals surface area contributed by atoms with E-state index in [0.29, 0.717) is 0 Å². The van der Waals surface area contributed by atoms with Gasteiger partial charge in [0.15, 0.2) is 0 Å². The van der Waals surface area contributed by atoms with E-state index in [2.05, 4.69) is 49.7 Å². The lowest BCUT2D eigenvalue weighted by Crippen LogP contribution is -2.43. The second kappa shape index (κ2) is 6.01. The Kier molecular flexibility index (Phi) is 4.92. The first kappa shape index (κ1) is 13.1. The Morgan fingerprint density at radius 2 is 2.00 bits per heavy atom. The molecule has 0 aromatic heterocycles. The third-order valence-corrected chi connectivity index (χ3v) is 7.76. The summed E-state index contributed by atoms with van der Waals surface area (Å²) in [5.74, 6) is 2.37. The van der Waals surface area contributed by atoms with Crippen molar-refractivity contribution in [1.29, 1.82) is 0 Å². The van der Waals surface area contributed by atoms with Crippen LogP contribution in [0.4, 0.5) is 0 Å². The van der Waals surface area contributed by atoms with Gasteiger partial charge in [0.05, 0.1) is 0 Å². The highest BCUT2D eigenvalue weighted by Crippen LogP contribution is 2.40. The summed E-state index contributed by atoms with van der Waals surface area (Å²) in [5.41, 5.74) is 0. The van der Waals surface area contributed by atoms with Gasteiger partial charge >= 0.3 is 0 Å². The zero-order valence-electron chi connectivity index (χ0n) is 10.7. The van der Waals surface area contributed by atoms with Gasteiger partial charge in [-0.05, 0) is 19.4 Å². The predicted octanol–water partition coefficient (Wildman–Crippen LogP) is 3.39. The van der Waals surface area contributed by atoms with Crippen LogP contribution in [0, 0.1) is 5.92 Å². The first-order valence-electron chi connectivity index (χ1n) is 6.65. The first-order valence-corrected chi connectivity index (χ1v) is 8.64. The molecule has 0 spiro atoms. The van der Waals surface area contributed by atoms with Gasteiger partial charge in [-0.3, -0.25) is 0 Å². The zero-order chi connectivity index (χ0) is 11.5. The van der Waals surface area contributed by atoms with E-state index in [1.807, 2.05) is 0 Å². The first-order chi connectivity index (χ1) is 7.70. The van der Waals surface area contributed by atoms with Crippen LogP contribution in [0.25, 0.3) is 0 Å². The molecule has 2 aliphatic rings. The fraction of sp³-hybridized carbons (Fsp3) is 1.00. The summed E-state index contributed by atoms with van der Waals surface area (Å²) in [5, 5.41) is 6.06. The van der Waals surface area contributed by atoms with E-state index in [1.54, 1.807) is 0 Å². The van der Waals surface area contributed by atoms with Gasteiger partial charge in [-0.15, -0.1) is 0 Å². The standard InChI is InChI=1S/C13H25NS2/c1-9-10(2)16-13(8-15-9)12(14-3)7-11-5-4-6-11/h9-14H,4-8H2,1-3H3. The summed E-state index contributed by atoms with van der Waals surface area (Å²) in [6.45, 7) is 4.77. The summed E-state index contributed by atoms with van der Waals surface area (Å²) in [4.78, 5) is 0. The van der Waals surface area contributed by atoms with E-state index in [1.165, 1.54) is 31.4 Å². The van der Waals surface area contributed by atoms with Gasteiger partial charge in [0.2, 0.25) is 0 Å².